The Kier molecular flexibility index (Phi) is 5.54. The third-order valence-electron chi connectivity index (χ3n) is 2.50. The third-order valence-corrected chi connectivity index (χ3v) is 2.50. The van der Waals surface area contributed by atoms with Crippen LogP contribution in [0.1, 0.15) is 40.5 Å². The van der Waals surface area contributed by atoms with Gasteiger partial charge in [0.15, 0.2) is 0 Å². The van der Waals surface area contributed by atoms with Gasteiger partial charge in [-0.3, -0.25) is 0 Å². The van der Waals surface area contributed by atoms with E-state index in [2.05, 4.69) is 39.2 Å². The van der Waals surface area contributed by atoms with Gasteiger partial charge < -0.3 is 0 Å². The molecule has 2 atom stereocenters. The smallest absolute Gasteiger partial charge is 0.00181 e. The van der Waals surface area contributed by atoms with Gasteiger partial charge >= 0.3 is 0 Å². The second kappa shape index (κ2) is 5.89. The van der Waals surface area contributed by atoms with E-state index >= 15 is 0 Å². The lowest BCUT2D eigenvalue weighted by atomic mass is 9.84. The summed E-state index contributed by atoms with van der Waals surface area (Å²) in [6.45, 7) is 12.6. The van der Waals surface area contributed by atoms with Crippen molar-refractivity contribution < 1.29 is 0 Å². The summed E-state index contributed by atoms with van der Waals surface area (Å²) in [6, 6.07) is 0. The van der Waals surface area contributed by atoms with Crippen LogP contribution in [0.4, 0.5) is 0 Å². The summed E-state index contributed by atoms with van der Waals surface area (Å²) in [5.41, 5.74) is 1.11. The molecule has 0 fully saturated rings. The maximum Gasteiger partial charge on any atom is -0.00181 e. The van der Waals surface area contributed by atoms with Crippen LogP contribution in [0.25, 0.3) is 0 Å². The van der Waals surface area contributed by atoms with Crippen molar-refractivity contribution in [3.8, 4) is 11.8 Å². The monoisotopic (exact) mass is 164 g/mol. The average molecular weight is 164 g/mol. The fourth-order valence-electron chi connectivity index (χ4n) is 1.53. The normalized spacial score (nSPS) is 14.3. The third kappa shape index (κ3) is 3.13. The van der Waals surface area contributed by atoms with Crippen LogP contribution < -0.4 is 0 Å². The number of allylic oxidation sites excluding steroid dienone is 1. The Morgan fingerprint density at radius 1 is 1.33 bits per heavy atom. The SMILES string of the molecule is C=C(C#CC)C(CC)C(C)CC. The van der Waals surface area contributed by atoms with Crippen molar-refractivity contribution in [1.82, 2.24) is 0 Å². The lowest BCUT2D eigenvalue weighted by Gasteiger charge is -2.20. The summed E-state index contributed by atoms with van der Waals surface area (Å²) in [7, 11) is 0. The average Bonchev–Trinajstić information content (AvgIpc) is 2.06. The first-order valence-corrected chi connectivity index (χ1v) is 4.78. The Hall–Kier alpha value is -0.700. The summed E-state index contributed by atoms with van der Waals surface area (Å²) in [5, 5.41) is 0. The van der Waals surface area contributed by atoms with Gasteiger partial charge in [-0.1, -0.05) is 39.7 Å². The van der Waals surface area contributed by atoms with Gasteiger partial charge in [0.1, 0.15) is 0 Å². The molecule has 0 aromatic carbocycles. The van der Waals surface area contributed by atoms with Crippen molar-refractivity contribution in [2.45, 2.75) is 40.5 Å². The summed E-state index contributed by atoms with van der Waals surface area (Å²) >= 11 is 0. The molecule has 0 aliphatic heterocycles. The zero-order valence-corrected chi connectivity index (χ0v) is 8.78. The minimum atomic E-state index is 0.586. The molecular weight excluding hydrogens is 144 g/mol. The summed E-state index contributed by atoms with van der Waals surface area (Å²) < 4.78 is 0. The molecule has 0 bridgehead atoms. The molecular formula is C12H20. The van der Waals surface area contributed by atoms with E-state index in [1.165, 1.54) is 6.42 Å². The molecule has 0 saturated heterocycles. The second-order valence-electron chi connectivity index (χ2n) is 3.30. The molecule has 0 amide bonds. The molecule has 0 heteroatoms. The molecule has 0 spiro atoms. The first-order valence-electron chi connectivity index (χ1n) is 4.78. The fourth-order valence-corrected chi connectivity index (χ4v) is 1.53. The molecule has 0 heterocycles. The largest absolute Gasteiger partial charge is 0.102 e. The molecule has 2 unspecified atom stereocenters. The highest BCUT2D eigenvalue weighted by molar-refractivity contribution is 5.27. The van der Waals surface area contributed by atoms with Gasteiger partial charge in [0.25, 0.3) is 0 Å². The topological polar surface area (TPSA) is 0 Å². The highest BCUT2D eigenvalue weighted by atomic mass is 14.2. The zero-order chi connectivity index (χ0) is 9.56. The number of hydrogen-bond acceptors (Lipinski definition) is 0. The quantitative estimate of drug-likeness (QED) is 0.556. The molecule has 0 aromatic heterocycles. The van der Waals surface area contributed by atoms with Gasteiger partial charge in [0.2, 0.25) is 0 Å². The van der Waals surface area contributed by atoms with Gasteiger partial charge in [-0.15, -0.1) is 5.92 Å². The molecule has 0 rings (SSSR count). The van der Waals surface area contributed by atoms with Crippen LogP contribution in [-0.4, -0.2) is 0 Å². The Bertz CT molecular complexity index is 190. The standard InChI is InChI=1S/C12H20/c1-6-9-11(5)12(8-3)10(4)7-2/h10,12H,5,7-8H2,1-4H3. The summed E-state index contributed by atoms with van der Waals surface area (Å²) in [6.07, 6.45) is 2.37. The summed E-state index contributed by atoms with van der Waals surface area (Å²) in [4.78, 5) is 0. The first-order chi connectivity index (χ1) is 5.67. The fraction of sp³-hybridized carbons (Fsp3) is 0.667. The predicted molar refractivity (Wildman–Crippen MR) is 55.8 cm³/mol. The van der Waals surface area contributed by atoms with Crippen LogP contribution in [0.3, 0.4) is 0 Å². The second-order valence-corrected chi connectivity index (χ2v) is 3.30. The van der Waals surface area contributed by atoms with Crippen LogP contribution in [0.15, 0.2) is 12.2 Å². The highest BCUT2D eigenvalue weighted by Crippen LogP contribution is 2.24. The Morgan fingerprint density at radius 3 is 2.25 bits per heavy atom. The molecule has 12 heavy (non-hydrogen) atoms. The molecule has 0 saturated carbocycles. The Balaban J connectivity index is 4.30. The van der Waals surface area contributed by atoms with Crippen LogP contribution in [-0.2, 0) is 0 Å². The van der Waals surface area contributed by atoms with Gasteiger partial charge in [0, 0.05) is 0 Å². The molecule has 0 N–H and O–H groups in total. The minimum absolute atomic E-state index is 0.586. The number of rotatable bonds is 4. The predicted octanol–water partition coefficient (Wildman–Crippen LogP) is 3.64. The molecule has 0 aliphatic carbocycles. The molecule has 0 radical (unpaired) electrons. The van der Waals surface area contributed by atoms with Crippen molar-refractivity contribution >= 4 is 0 Å². The van der Waals surface area contributed by atoms with Crippen molar-refractivity contribution in [2.24, 2.45) is 11.8 Å². The van der Waals surface area contributed by atoms with E-state index < -0.39 is 0 Å². The lowest BCUT2D eigenvalue weighted by molar-refractivity contribution is 0.396. The lowest BCUT2D eigenvalue weighted by Crippen LogP contribution is -2.11. The maximum atomic E-state index is 4.01. The minimum Gasteiger partial charge on any atom is -0.102 e. The van der Waals surface area contributed by atoms with Crippen LogP contribution >= 0.6 is 0 Å². The van der Waals surface area contributed by atoms with Gasteiger partial charge in [0.05, 0.1) is 0 Å². The van der Waals surface area contributed by atoms with E-state index in [-0.39, 0.29) is 0 Å². The Labute approximate surface area is 77.1 Å². The summed E-state index contributed by atoms with van der Waals surface area (Å²) in [5.74, 6) is 7.28. The van der Waals surface area contributed by atoms with E-state index in [1.807, 2.05) is 6.92 Å². The van der Waals surface area contributed by atoms with Crippen molar-refractivity contribution in [1.29, 1.82) is 0 Å². The molecule has 68 valence electrons. The van der Waals surface area contributed by atoms with Crippen molar-refractivity contribution in [2.75, 3.05) is 0 Å². The highest BCUT2D eigenvalue weighted by Gasteiger charge is 2.15. The zero-order valence-electron chi connectivity index (χ0n) is 8.78. The number of hydrogen-bond donors (Lipinski definition) is 0. The van der Waals surface area contributed by atoms with E-state index in [9.17, 15) is 0 Å². The molecule has 0 nitrogen and oxygen atoms in total. The van der Waals surface area contributed by atoms with Crippen LogP contribution in [0.2, 0.25) is 0 Å². The van der Waals surface area contributed by atoms with E-state index in [1.54, 1.807) is 0 Å². The van der Waals surface area contributed by atoms with Crippen molar-refractivity contribution in [3.63, 3.8) is 0 Å². The van der Waals surface area contributed by atoms with Crippen molar-refractivity contribution in [3.05, 3.63) is 12.2 Å². The van der Waals surface area contributed by atoms with Gasteiger partial charge in [-0.05, 0) is 30.8 Å². The van der Waals surface area contributed by atoms with Gasteiger partial charge in [-0.25, -0.2) is 0 Å². The van der Waals surface area contributed by atoms with Gasteiger partial charge in [-0.2, -0.15) is 0 Å². The molecule has 0 aliphatic rings. The first kappa shape index (κ1) is 11.3. The van der Waals surface area contributed by atoms with E-state index in [0.717, 1.165) is 12.0 Å². The van der Waals surface area contributed by atoms with E-state index in [0.29, 0.717) is 11.8 Å². The maximum absolute atomic E-state index is 4.01. The van der Waals surface area contributed by atoms with Crippen LogP contribution in [0.5, 0.6) is 0 Å². The van der Waals surface area contributed by atoms with E-state index in [4.69, 9.17) is 0 Å². The molecule has 0 aromatic rings. The van der Waals surface area contributed by atoms with Crippen LogP contribution in [0, 0.1) is 23.7 Å². The Morgan fingerprint density at radius 2 is 1.92 bits per heavy atom.